The first kappa shape index (κ1) is 33.7. The molecule has 1 amide bonds. The molecule has 3 unspecified atom stereocenters. The number of pyridine rings is 1. The van der Waals surface area contributed by atoms with Crippen LogP contribution in [0.3, 0.4) is 0 Å². The Bertz CT molecular complexity index is 1820. The number of allylic oxidation sites excluding steroid dienone is 1. The number of anilines is 3. The molecule has 3 aromatic rings. The van der Waals surface area contributed by atoms with Crippen molar-refractivity contribution in [3.05, 3.63) is 80.0 Å². The number of rotatable bonds is 7. The van der Waals surface area contributed by atoms with Crippen LogP contribution in [-0.4, -0.2) is 59.0 Å². The maximum Gasteiger partial charge on any atom is 0.416 e. The lowest BCUT2D eigenvalue weighted by Crippen LogP contribution is -2.44. The standard InChI is InChI=1S/C33H40ClN7O6/c1-10-46-30(43)26-24-25(36-22-13-17(2)16-39(7)29(22)42)20-12-11-19(34)14-21(20)18(3)27(24)41(38-26)23-15-35-31(37-28(23)45-9)40(8)32(44)47-33(4,5)6/h11-16,18,25-26,36,38H,10H2,1-9H3. The fraction of sp³-hybridized carbons (Fsp3) is 0.424. The number of esters is 1. The summed E-state index contributed by atoms with van der Waals surface area (Å²) >= 11 is 6.52. The van der Waals surface area contributed by atoms with E-state index in [0.717, 1.165) is 16.7 Å². The van der Waals surface area contributed by atoms with Crippen LogP contribution in [0.2, 0.25) is 5.02 Å². The van der Waals surface area contributed by atoms with E-state index in [4.69, 9.17) is 25.8 Å². The van der Waals surface area contributed by atoms with Crippen molar-refractivity contribution < 1.29 is 23.8 Å². The summed E-state index contributed by atoms with van der Waals surface area (Å²) in [5.74, 6) is -0.607. The molecule has 2 aromatic heterocycles. The number of nitrogens with zero attached hydrogens (tertiary/aromatic N) is 5. The first-order chi connectivity index (χ1) is 22.1. The van der Waals surface area contributed by atoms with E-state index < -0.39 is 29.7 Å². The number of nitrogens with one attached hydrogen (secondary N) is 2. The minimum absolute atomic E-state index is 0.0545. The second kappa shape index (κ2) is 12.9. The molecule has 5 rings (SSSR count). The first-order valence-electron chi connectivity index (χ1n) is 15.2. The average Bonchev–Trinajstić information content (AvgIpc) is 3.41. The van der Waals surface area contributed by atoms with Gasteiger partial charge in [-0.2, -0.15) is 4.98 Å². The summed E-state index contributed by atoms with van der Waals surface area (Å²) in [6, 6.07) is 5.79. The van der Waals surface area contributed by atoms with Gasteiger partial charge in [-0.15, -0.1) is 0 Å². The normalized spacial score (nSPS) is 18.8. The molecule has 0 saturated carbocycles. The first-order valence-corrected chi connectivity index (χ1v) is 15.6. The summed E-state index contributed by atoms with van der Waals surface area (Å²) in [6.45, 7) is 11.1. The number of benzene rings is 1. The van der Waals surface area contributed by atoms with E-state index in [2.05, 4.69) is 20.7 Å². The van der Waals surface area contributed by atoms with Crippen LogP contribution >= 0.6 is 11.6 Å². The zero-order valence-corrected chi connectivity index (χ0v) is 28.7. The van der Waals surface area contributed by atoms with Crippen molar-refractivity contribution >= 4 is 41.0 Å². The number of fused-ring (bicyclic) bond motifs is 1. The van der Waals surface area contributed by atoms with E-state index in [1.807, 2.05) is 26.0 Å². The van der Waals surface area contributed by atoms with Crippen LogP contribution in [0, 0.1) is 6.92 Å². The van der Waals surface area contributed by atoms with Crippen LogP contribution in [0.4, 0.5) is 22.1 Å². The number of carbonyl (C=O) groups is 2. The molecule has 0 spiro atoms. The van der Waals surface area contributed by atoms with Gasteiger partial charge >= 0.3 is 12.1 Å². The summed E-state index contributed by atoms with van der Waals surface area (Å²) in [5, 5.41) is 5.71. The lowest BCUT2D eigenvalue weighted by atomic mass is 9.77. The van der Waals surface area contributed by atoms with Gasteiger partial charge in [0, 0.05) is 42.5 Å². The molecule has 2 aliphatic rings. The monoisotopic (exact) mass is 665 g/mol. The number of aromatic nitrogens is 3. The molecule has 1 aliphatic heterocycles. The van der Waals surface area contributed by atoms with Crippen molar-refractivity contribution in [1.29, 1.82) is 0 Å². The molecule has 0 radical (unpaired) electrons. The second-order valence-corrected chi connectivity index (χ2v) is 12.9. The highest BCUT2D eigenvalue weighted by molar-refractivity contribution is 6.30. The van der Waals surface area contributed by atoms with Gasteiger partial charge in [0.2, 0.25) is 11.8 Å². The molecule has 47 heavy (non-hydrogen) atoms. The van der Waals surface area contributed by atoms with Crippen molar-refractivity contribution in [3.63, 3.8) is 0 Å². The molecule has 0 fully saturated rings. The lowest BCUT2D eigenvalue weighted by molar-refractivity contribution is -0.144. The molecule has 0 bridgehead atoms. The maximum absolute atomic E-state index is 13.6. The lowest BCUT2D eigenvalue weighted by Gasteiger charge is -2.35. The molecule has 250 valence electrons. The Kier molecular flexibility index (Phi) is 9.24. The van der Waals surface area contributed by atoms with E-state index in [0.29, 0.717) is 27.7 Å². The van der Waals surface area contributed by atoms with Gasteiger partial charge in [0.25, 0.3) is 5.56 Å². The summed E-state index contributed by atoms with van der Waals surface area (Å²) in [7, 11) is 4.65. The van der Waals surface area contributed by atoms with Crippen LogP contribution in [0.25, 0.3) is 0 Å². The number of hydrazine groups is 1. The van der Waals surface area contributed by atoms with Gasteiger partial charge in [0.05, 0.1) is 26.0 Å². The predicted octanol–water partition coefficient (Wildman–Crippen LogP) is 5.00. The van der Waals surface area contributed by atoms with Crippen LogP contribution in [-0.2, 0) is 21.3 Å². The Morgan fingerprint density at radius 1 is 1.19 bits per heavy atom. The minimum Gasteiger partial charge on any atom is -0.479 e. The van der Waals surface area contributed by atoms with Gasteiger partial charge in [-0.05, 0) is 69.5 Å². The molecule has 2 N–H and O–H groups in total. The van der Waals surface area contributed by atoms with Gasteiger partial charge in [-0.1, -0.05) is 24.6 Å². The van der Waals surface area contributed by atoms with Crippen molar-refractivity contribution in [2.24, 2.45) is 7.05 Å². The van der Waals surface area contributed by atoms with Crippen molar-refractivity contribution in [1.82, 2.24) is 20.0 Å². The third-order valence-electron chi connectivity index (χ3n) is 7.92. The topological polar surface area (TPSA) is 140 Å². The number of hydrogen-bond acceptors (Lipinski definition) is 11. The van der Waals surface area contributed by atoms with E-state index in [1.165, 1.54) is 29.8 Å². The van der Waals surface area contributed by atoms with E-state index in [9.17, 15) is 14.4 Å². The third-order valence-corrected chi connectivity index (χ3v) is 8.16. The van der Waals surface area contributed by atoms with E-state index in [1.54, 1.807) is 58.1 Å². The van der Waals surface area contributed by atoms with E-state index in [-0.39, 0.29) is 29.9 Å². The Balaban J connectivity index is 1.68. The van der Waals surface area contributed by atoms with Crippen molar-refractivity contribution in [3.8, 4) is 5.88 Å². The Morgan fingerprint density at radius 3 is 2.57 bits per heavy atom. The van der Waals surface area contributed by atoms with E-state index >= 15 is 0 Å². The summed E-state index contributed by atoms with van der Waals surface area (Å²) < 4.78 is 18.2. The fourth-order valence-electron chi connectivity index (χ4n) is 5.93. The van der Waals surface area contributed by atoms with Crippen molar-refractivity contribution in [2.75, 3.05) is 36.0 Å². The van der Waals surface area contributed by atoms with Crippen molar-refractivity contribution in [2.45, 2.75) is 65.1 Å². The van der Waals surface area contributed by atoms with Crippen LogP contribution in [0.5, 0.6) is 5.88 Å². The number of hydrogen-bond donors (Lipinski definition) is 2. The Labute approximate surface area is 278 Å². The maximum atomic E-state index is 13.6. The molecule has 13 nitrogen and oxygen atoms in total. The molecule has 3 heterocycles. The smallest absolute Gasteiger partial charge is 0.416 e. The molecular formula is C33H40ClN7O6. The molecule has 1 aromatic carbocycles. The third kappa shape index (κ3) is 6.50. The summed E-state index contributed by atoms with van der Waals surface area (Å²) in [4.78, 5) is 49.9. The number of halogens is 1. The number of carbonyl (C=O) groups excluding carboxylic acids is 2. The Morgan fingerprint density at radius 2 is 1.91 bits per heavy atom. The van der Waals surface area contributed by atoms with Gasteiger partial charge < -0.3 is 24.1 Å². The number of amides is 1. The zero-order valence-electron chi connectivity index (χ0n) is 28.0. The highest BCUT2D eigenvalue weighted by Crippen LogP contribution is 2.50. The molecular weight excluding hydrogens is 626 g/mol. The number of aryl methyl sites for hydroxylation is 2. The van der Waals surface area contributed by atoms with Gasteiger partial charge in [-0.3, -0.25) is 9.80 Å². The average molecular weight is 666 g/mol. The van der Waals surface area contributed by atoms with Gasteiger partial charge in [-0.25, -0.2) is 24.9 Å². The van der Waals surface area contributed by atoms with Gasteiger partial charge in [0.1, 0.15) is 23.0 Å². The highest BCUT2D eigenvalue weighted by Gasteiger charge is 2.48. The minimum atomic E-state index is -0.948. The predicted molar refractivity (Wildman–Crippen MR) is 179 cm³/mol. The molecule has 14 heteroatoms. The largest absolute Gasteiger partial charge is 0.479 e. The fourth-order valence-corrected chi connectivity index (χ4v) is 6.11. The van der Waals surface area contributed by atoms with Crippen LogP contribution < -0.4 is 30.9 Å². The summed E-state index contributed by atoms with van der Waals surface area (Å²) in [6.07, 6.45) is 2.63. The highest BCUT2D eigenvalue weighted by atomic mass is 35.5. The SMILES string of the molecule is CCOC(=O)C1NN(c2cnc(N(C)C(=O)OC(C)(C)C)nc2OC)C2=C1C(Nc1cc(C)cn(C)c1=O)c1ccc(Cl)cc1C2C. The Hall–Kier alpha value is -4.62. The molecule has 0 saturated heterocycles. The zero-order chi connectivity index (χ0) is 34.4. The molecule has 1 aliphatic carbocycles. The molecule has 3 atom stereocenters. The summed E-state index contributed by atoms with van der Waals surface area (Å²) in [5.41, 5.74) is 7.13. The van der Waals surface area contributed by atoms with Crippen LogP contribution in [0.15, 0.2) is 52.7 Å². The second-order valence-electron chi connectivity index (χ2n) is 12.5. The quantitative estimate of drug-likeness (QED) is 0.330. The van der Waals surface area contributed by atoms with Gasteiger partial charge in [0.15, 0.2) is 0 Å². The number of methoxy groups -OCH3 is 1. The van der Waals surface area contributed by atoms with Crippen LogP contribution in [0.1, 0.15) is 63.3 Å². The number of ether oxygens (including phenoxy) is 3.